The summed E-state index contributed by atoms with van der Waals surface area (Å²) in [6, 6.07) is 3.43. The van der Waals surface area contributed by atoms with Crippen LogP contribution in [0.1, 0.15) is 29.6 Å². The maximum absolute atomic E-state index is 13.2. The molecule has 5 heteroatoms. The minimum atomic E-state index is -1.08. The van der Waals surface area contributed by atoms with Gasteiger partial charge in [0.05, 0.1) is 11.7 Å². The molecule has 1 fully saturated rings. The summed E-state index contributed by atoms with van der Waals surface area (Å²) in [5.41, 5.74) is 0.512. The molecule has 0 bridgehead atoms. The average Bonchev–Trinajstić information content (AvgIpc) is 2.79. The van der Waals surface area contributed by atoms with Crippen LogP contribution in [0, 0.1) is 11.7 Å². The van der Waals surface area contributed by atoms with E-state index in [1.807, 2.05) is 0 Å². The molecule has 1 aromatic carbocycles. The fourth-order valence-electron chi connectivity index (χ4n) is 3.09. The lowest BCUT2D eigenvalue weighted by Gasteiger charge is -2.36. The SMILES string of the molecule is O=C1c2cc(F)ccc2N(C(=O)O)C2CCCC12. The van der Waals surface area contributed by atoms with E-state index in [4.69, 9.17) is 0 Å². The van der Waals surface area contributed by atoms with Crippen molar-refractivity contribution in [1.82, 2.24) is 0 Å². The highest BCUT2D eigenvalue weighted by Gasteiger charge is 2.45. The number of carboxylic acid groups (broad SMARTS) is 1. The molecule has 1 heterocycles. The van der Waals surface area contributed by atoms with E-state index >= 15 is 0 Å². The van der Waals surface area contributed by atoms with Crippen LogP contribution in [0.25, 0.3) is 0 Å². The van der Waals surface area contributed by atoms with Crippen LogP contribution >= 0.6 is 0 Å². The van der Waals surface area contributed by atoms with Crippen molar-refractivity contribution >= 4 is 17.6 Å². The number of halogens is 1. The van der Waals surface area contributed by atoms with Gasteiger partial charge in [0.15, 0.2) is 5.78 Å². The van der Waals surface area contributed by atoms with E-state index in [2.05, 4.69) is 0 Å². The van der Waals surface area contributed by atoms with Gasteiger partial charge in [-0.05, 0) is 31.0 Å². The van der Waals surface area contributed by atoms with Gasteiger partial charge in [-0.1, -0.05) is 6.42 Å². The molecular weight excluding hydrogens is 237 g/mol. The molecule has 0 radical (unpaired) electrons. The Morgan fingerprint density at radius 2 is 2.17 bits per heavy atom. The van der Waals surface area contributed by atoms with Gasteiger partial charge in [-0.3, -0.25) is 9.69 Å². The molecule has 0 saturated heterocycles. The quantitative estimate of drug-likeness (QED) is 0.769. The molecular formula is C13H12FNO3. The molecule has 1 N–H and O–H groups in total. The predicted molar refractivity (Wildman–Crippen MR) is 62.4 cm³/mol. The Morgan fingerprint density at radius 1 is 1.39 bits per heavy atom. The third-order valence-corrected chi connectivity index (χ3v) is 3.84. The van der Waals surface area contributed by atoms with Crippen molar-refractivity contribution in [2.75, 3.05) is 4.90 Å². The molecule has 2 unspecified atom stereocenters. The summed E-state index contributed by atoms with van der Waals surface area (Å²) in [5, 5.41) is 9.31. The molecule has 1 saturated carbocycles. The third kappa shape index (κ3) is 1.43. The molecule has 0 aromatic heterocycles. The fraction of sp³-hybridized carbons (Fsp3) is 0.385. The second-order valence-corrected chi connectivity index (χ2v) is 4.78. The number of anilines is 1. The van der Waals surface area contributed by atoms with Crippen molar-refractivity contribution in [3.05, 3.63) is 29.6 Å². The number of nitrogens with zero attached hydrogens (tertiary/aromatic N) is 1. The number of hydrogen-bond donors (Lipinski definition) is 1. The highest BCUT2D eigenvalue weighted by molar-refractivity contribution is 6.09. The van der Waals surface area contributed by atoms with Crippen molar-refractivity contribution in [2.45, 2.75) is 25.3 Å². The van der Waals surface area contributed by atoms with Crippen LogP contribution in [-0.2, 0) is 0 Å². The number of carbonyl (C=O) groups is 2. The number of carbonyl (C=O) groups excluding carboxylic acids is 1. The molecule has 2 aliphatic rings. The van der Waals surface area contributed by atoms with Gasteiger partial charge in [-0.2, -0.15) is 0 Å². The third-order valence-electron chi connectivity index (χ3n) is 3.84. The lowest BCUT2D eigenvalue weighted by molar-refractivity contribution is 0.0901. The van der Waals surface area contributed by atoms with Gasteiger partial charge in [0.25, 0.3) is 0 Å². The van der Waals surface area contributed by atoms with E-state index in [9.17, 15) is 19.1 Å². The first-order valence-corrected chi connectivity index (χ1v) is 5.95. The van der Waals surface area contributed by atoms with Crippen LogP contribution in [0.4, 0.5) is 14.9 Å². The van der Waals surface area contributed by atoms with E-state index in [1.165, 1.54) is 17.0 Å². The van der Waals surface area contributed by atoms with Gasteiger partial charge < -0.3 is 5.11 Å². The van der Waals surface area contributed by atoms with Gasteiger partial charge in [0.1, 0.15) is 5.82 Å². The van der Waals surface area contributed by atoms with Crippen molar-refractivity contribution < 1.29 is 19.1 Å². The van der Waals surface area contributed by atoms with Crippen LogP contribution in [0.2, 0.25) is 0 Å². The molecule has 2 atom stereocenters. The first kappa shape index (κ1) is 11.2. The number of Topliss-reactive ketones (excluding diaryl/α,β-unsaturated/α-hetero) is 1. The molecule has 3 rings (SSSR count). The van der Waals surface area contributed by atoms with E-state index in [-0.39, 0.29) is 23.3 Å². The molecule has 1 aliphatic heterocycles. The lowest BCUT2D eigenvalue weighted by atomic mass is 9.86. The monoisotopic (exact) mass is 249 g/mol. The Labute approximate surface area is 103 Å². The summed E-state index contributed by atoms with van der Waals surface area (Å²) in [6.45, 7) is 0. The van der Waals surface area contributed by atoms with Crippen LogP contribution in [0.3, 0.4) is 0 Å². The van der Waals surface area contributed by atoms with Crippen molar-refractivity contribution in [3.8, 4) is 0 Å². The fourth-order valence-corrected chi connectivity index (χ4v) is 3.09. The number of benzene rings is 1. The lowest BCUT2D eigenvalue weighted by Crippen LogP contribution is -2.48. The van der Waals surface area contributed by atoms with Crippen molar-refractivity contribution in [3.63, 3.8) is 0 Å². The molecule has 1 aromatic rings. The molecule has 0 spiro atoms. The zero-order chi connectivity index (χ0) is 12.9. The molecule has 4 nitrogen and oxygen atoms in total. The molecule has 94 valence electrons. The Hall–Kier alpha value is -1.91. The summed E-state index contributed by atoms with van der Waals surface area (Å²) in [7, 11) is 0. The topological polar surface area (TPSA) is 57.6 Å². The first-order chi connectivity index (χ1) is 8.59. The predicted octanol–water partition coefficient (Wildman–Crippen LogP) is 2.68. The van der Waals surface area contributed by atoms with E-state index in [1.54, 1.807) is 0 Å². The first-order valence-electron chi connectivity index (χ1n) is 5.95. The van der Waals surface area contributed by atoms with Crippen LogP contribution in [0.15, 0.2) is 18.2 Å². The van der Waals surface area contributed by atoms with E-state index in [0.29, 0.717) is 18.5 Å². The van der Waals surface area contributed by atoms with Gasteiger partial charge in [-0.25, -0.2) is 9.18 Å². The average molecular weight is 249 g/mol. The highest BCUT2D eigenvalue weighted by atomic mass is 19.1. The van der Waals surface area contributed by atoms with Crippen LogP contribution in [-0.4, -0.2) is 23.0 Å². The number of rotatable bonds is 0. The summed E-state index contributed by atoms with van der Waals surface area (Å²) in [5.74, 6) is -0.941. The van der Waals surface area contributed by atoms with Crippen molar-refractivity contribution in [2.24, 2.45) is 5.92 Å². The van der Waals surface area contributed by atoms with Crippen LogP contribution in [0.5, 0.6) is 0 Å². The molecule has 1 amide bonds. The summed E-state index contributed by atoms with van der Waals surface area (Å²) in [4.78, 5) is 24.8. The maximum atomic E-state index is 13.2. The smallest absolute Gasteiger partial charge is 0.412 e. The summed E-state index contributed by atoms with van der Waals surface area (Å²) in [6.07, 6.45) is 1.14. The Balaban J connectivity index is 2.19. The van der Waals surface area contributed by atoms with E-state index < -0.39 is 11.9 Å². The summed E-state index contributed by atoms with van der Waals surface area (Å²) < 4.78 is 13.2. The Morgan fingerprint density at radius 3 is 2.89 bits per heavy atom. The Kier molecular flexibility index (Phi) is 2.36. The van der Waals surface area contributed by atoms with Gasteiger partial charge in [0, 0.05) is 11.5 Å². The Bertz CT molecular complexity index is 543. The number of amides is 1. The number of fused-ring (bicyclic) bond motifs is 2. The minimum Gasteiger partial charge on any atom is -0.465 e. The van der Waals surface area contributed by atoms with Gasteiger partial charge in [0.2, 0.25) is 0 Å². The normalized spacial score (nSPS) is 25.8. The zero-order valence-electron chi connectivity index (χ0n) is 9.60. The standard InChI is InChI=1S/C13H12FNO3/c14-7-4-5-11-9(6-7)12(16)8-2-1-3-10(8)15(11)13(17)18/h4-6,8,10H,1-3H2,(H,17,18). The van der Waals surface area contributed by atoms with Gasteiger partial charge in [-0.15, -0.1) is 0 Å². The zero-order valence-corrected chi connectivity index (χ0v) is 9.60. The van der Waals surface area contributed by atoms with Crippen molar-refractivity contribution in [1.29, 1.82) is 0 Å². The molecule has 1 aliphatic carbocycles. The minimum absolute atomic E-state index is 0.121. The molecule has 18 heavy (non-hydrogen) atoms. The maximum Gasteiger partial charge on any atom is 0.412 e. The summed E-state index contributed by atoms with van der Waals surface area (Å²) >= 11 is 0. The van der Waals surface area contributed by atoms with E-state index in [0.717, 1.165) is 12.5 Å². The highest BCUT2D eigenvalue weighted by Crippen LogP contribution is 2.42. The largest absolute Gasteiger partial charge is 0.465 e. The number of ketones is 1. The van der Waals surface area contributed by atoms with Gasteiger partial charge >= 0.3 is 6.09 Å². The second-order valence-electron chi connectivity index (χ2n) is 4.78. The second kappa shape index (κ2) is 3.80. The number of hydrogen-bond acceptors (Lipinski definition) is 2. The van der Waals surface area contributed by atoms with Crippen LogP contribution < -0.4 is 4.90 Å².